The first kappa shape index (κ1) is 14.4. The highest BCUT2D eigenvalue weighted by molar-refractivity contribution is 5.89. The molecule has 0 radical (unpaired) electrons. The standard InChI is InChI=1S/C15H21NO2/c1-15(2,3)13(17)11-16-14(18)10-9-12-7-5-4-6-8-12/h4-8H,9-11H2,1-3H3,(H,16,18). The van der Waals surface area contributed by atoms with E-state index in [1.807, 2.05) is 51.1 Å². The zero-order valence-corrected chi connectivity index (χ0v) is 11.3. The van der Waals surface area contributed by atoms with E-state index in [0.29, 0.717) is 12.8 Å². The van der Waals surface area contributed by atoms with Crippen LogP contribution in [0.2, 0.25) is 0 Å². The van der Waals surface area contributed by atoms with Gasteiger partial charge in [0.05, 0.1) is 6.54 Å². The Bertz CT molecular complexity index is 404. The molecule has 0 atom stereocenters. The topological polar surface area (TPSA) is 46.2 Å². The Kier molecular flexibility index (Phi) is 5.08. The average molecular weight is 247 g/mol. The third kappa shape index (κ3) is 5.13. The van der Waals surface area contributed by atoms with Crippen LogP contribution < -0.4 is 5.32 Å². The van der Waals surface area contributed by atoms with Crippen LogP contribution in [0.25, 0.3) is 0 Å². The van der Waals surface area contributed by atoms with Gasteiger partial charge >= 0.3 is 0 Å². The number of hydrogen-bond donors (Lipinski definition) is 1. The van der Waals surface area contributed by atoms with E-state index in [2.05, 4.69) is 5.32 Å². The number of aryl methyl sites for hydroxylation is 1. The van der Waals surface area contributed by atoms with E-state index < -0.39 is 5.41 Å². The van der Waals surface area contributed by atoms with Crippen molar-refractivity contribution < 1.29 is 9.59 Å². The Morgan fingerprint density at radius 1 is 1.11 bits per heavy atom. The van der Waals surface area contributed by atoms with Crippen molar-refractivity contribution in [2.24, 2.45) is 5.41 Å². The van der Waals surface area contributed by atoms with Gasteiger partial charge in [-0.25, -0.2) is 0 Å². The molecule has 18 heavy (non-hydrogen) atoms. The van der Waals surface area contributed by atoms with Gasteiger partial charge in [0, 0.05) is 11.8 Å². The van der Waals surface area contributed by atoms with Crippen LogP contribution in [-0.2, 0) is 16.0 Å². The Morgan fingerprint density at radius 3 is 2.28 bits per heavy atom. The minimum absolute atomic E-state index is 0.0514. The molecular weight excluding hydrogens is 226 g/mol. The molecule has 1 aromatic carbocycles. The molecular formula is C15H21NO2. The van der Waals surface area contributed by atoms with Gasteiger partial charge in [0.1, 0.15) is 0 Å². The highest BCUT2D eigenvalue weighted by atomic mass is 16.2. The lowest BCUT2D eigenvalue weighted by Crippen LogP contribution is -2.35. The second-order valence-corrected chi connectivity index (χ2v) is 5.44. The van der Waals surface area contributed by atoms with Crippen LogP contribution in [0, 0.1) is 5.41 Å². The van der Waals surface area contributed by atoms with Gasteiger partial charge in [0.25, 0.3) is 0 Å². The number of hydrogen-bond acceptors (Lipinski definition) is 2. The van der Waals surface area contributed by atoms with E-state index >= 15 is 0 Å². The highest BCUT2D eigenvalue weighted by Crippen LogP contribution is 2.13. The molecule has 0 heterocycles. The molecule has 3 nitrogen and oxygen atoms in total. The van der Waals surface area contributed by atoms with Crippen molar-refractivity contribution in [3.63, 3.8) is 0 Å². The first-order valence-electron chi connectivity index (χ1n) is 6.23. The lowest BCUT2D eigenvalue weighted by Gasteiger charge is -2.16. The summed E-state index contributed by atoms with van der Waals surface area (Å²) in [6.45, 7) is 5.68. The Labute approximate surface area is 109 Å². The number of Topliss-reactive ketones (excluding diaryl/α,β-unsaturated/α-hetero) is 1. The van der Waals surface area contributed by atoms with E-state index in [-0.39, 0.29) is 18.2 Å². The molecule has 0 fully saturated rings. The normalized spacial score (nSPS) is 11.1. The molecule has 0 saturated heterocycles. The summed E-state index contributed by atoms with van der Waals surface area (Å²) < 4.78 is 0. The van der Waals surface area contributed by atoms with Crippen LogP contribution in [0.4, 0.5) is 0 Å². The van der Waals surface area contributed by atoms with Crippen LogP contribution in [0.5, 0.6) is 0 Å². The molecule has 0 unspecified atom stereocenters. The minimum Gasteiger partial charge on any atom is -0.349 e. The molecule has 0 saturated carbocycles. The second-order valence-electron chi connectivity index (χ2n) is 5.44. The quantitative estimate of drug-likeness (QED) is 0.868. The maximum absolute atomic E-state index is 11.6. The number of carbonyl (C=O) groups excluding carboxylic acids is 2. The van der Waals surface area contributed by atoms with Crippen LogP contribution in [0.1, 0.15) is 32.8 Å². The third-order valence-electron chi connectivity index (χ3n) is 2.77. The average Bonchev–Trinajstić information content (AvgIpc) is 2.33. The third-order valence-corrected chi connectivity index (χ3v) is 2.77. The molecule has 98 valence electrons. The fourth-order valence-electron chi connectivity index (χ4n) is 1.43. The van der Waals surface area contributed by atoms with E-state index in [9.17, 15) is 9.59 Å². The van der Waals surface area contributed by atoms with Crippen molar-refractivity contribution in [2.45, 2.75) is 33.6 Å². The first-order valence-corrected chi connectivity index (χ1v) is 6.23. The van der Waals surface area contributed by atoms with Crippen molar-refractivity contribution >= 4 is 11.7 Å². The van der Waals surface area contributed by atoms with Crippen molar-refractivity contribution in [1.82, 2.24) is 5.32 Å². The van der Waals surface area contributed by atoms with Gasteiger partial charge in [-0.15, -0.1) is 0 Å². The fraction of sp³-hybridized carbons (Fsp3) is 0.467. The van der Waals surface area contributed by atoms with E-state index in [1.165, 1.54) is 0 Å². The smallest absolute Gasteiger partial charge is 0.220 e. The highest BCUT2D eigenvalue weighted by Gasteiger charge is 2.21. The molecule has 0 aliphatic heterocycles. The Balaban J connectivity index is 2.29. The number of rotatable bonds is 5. The number of benzene rings is 1. The minimum atomic E-state index is -0.396. The lowest BCUT2D eigenvalue weighted by molar-refractivity contribution is -0.129. The predicted octanol–water partition coefficient (Wildman–Crippen LogP) is 2.35. The number of nitrogens with one attached hydrogen (secondary N) is 1. The fourth-order valence-corrected chi connectivity index (χ4v) is 1.43. The molecule has 0 aliphatic rings. The Hall–Kier alpha value is -1.64. The maximum Gasteiger partial charge on any atom is 0.220 e. The van der Waals surface area contributed by atoms with Crippen LogP contribution in [0.15, 0.2) is 30.3 Å². The molecule has 3 heteroatoms. The van der Waals surface area contributed by atoms with Gasteiger partial charge in [-0.3, -0.25) is 9.59 Å². The van der Waals surface area contributed by atoms with Gasteiger partial charge in [0.2, 0.25) is 5.91 Å². The van der Waals surface area contributed by atoms with E-state index in [0.717, 1.165) is 5.56 Å². The summed E-state index contributed by atoms with van der Waals surface area (Å²) in [5.41, 5.74) is 0.738. The molecule has 0 aromatic heterocycles. The largest absolute Gasteiger partial charge is 0.349 e. The van der Waals surface area contributed by atoms with Gasteiger partial charge in [-0.05, 0) is 12.0 Å². The Morgan fingerprint density at radius 2 is 1.72 bits per heavy atom. The molecule has 0 aliphatic carbocycles. The monoisotopic (exact) mass is 247 g/mol. The summed E-state index contributed by atoms with van der Waals surface area (Å²) in [5.74, 6) is -0.0213. The van der Waals surface area contributed by atoms with E-state index in [4.69, 9.17) is 0 Å². The number of carbonyl (C=O) groups is 2. The van der Waals surface area contributed by atoms with E-state index in [1.54, 1.807) is 0 Å². The van der Waals surface area contributed by atoms with Crippen LogP contribution in [-0.4, -0.2) is 18.2 Å². The molecule has 0 spiro atoms. The summed E-state index contributed by atoms with van der Waals surface area (Å²) in [6, 6.07) is 9.85. The van der Waals surface area contributed by atoms with Gasteiger partial charge in [0.15, 0.2) is 5.78 Å². The number of amides is 1. The van der Waals surface area contributed by atoms with Crippen LogP contribution in [0.3, 0.4) is 0 Å². The summed E-state index contributed by atoms with van der Waals surface area (Å²) in [6.07, 6.45) is 1.12. The van der Waals surface area contributed by atoms with Gasteiger partial charge in [-0.2, -0.15) is 0 Å². The zero-order valence-electron chi connectivity index (χ0n) is 11.3. The summed E-state index contributed by atoms with van der Waals surface area (Å²) in [7, 11) is 0. The number of ketones is 1. The molecule has 1 N–H and O–H groups in total. The zero-order chi connectivity index (χ0) is 13.6. The van der Waals surface area contributed by atoms with Crippen molar-refractivity contribution in [2.75, 3.05) is 6.54 Å². The second kappa shape index (κ2) is 6.34. The van der Waals surface area contributed by atoms with Crippen molar-refractivity contribution in [3.05, 3.63) is 35.9 Å². The summed E-state index contributed by atoms with van der Waals surface area (Å²) in [4.78, 5) is 23.2. The van der Waals surface area contributed by atoms with Gasteiger partial charge < -0.3 is 5.32 Å². The predicted molar refractivity (Wildman–Crippen MR) is 72.2 cm³/mol. The summed E-state index contributed by atoms with van der Waals surface area (Å²) in [5, 5.41) is 2.67. The molecule has 1 amide bonds. The van der Waals surface area contributed by atoms with Crippen molar-refractivity contribution in [1.29, 1.82) is 0 Å². The molecule has 1 rings (SSSR count). The maximum atomic E-state index is 11.6. The lowest BCUT2D eigenvalue weighted by atomic mass is 9.91. The van der Waals surface area contributed by atoms with Crippen LogP contribution >= 0.6 is 0 Å². The summed E-state index contributed by atoms with van der Waals surface area (Å²) >= 11 is 0. The molecule has 0 bridgehead atoms. The van der Waals surface area contributed by atoms with Gasteiger partial charge in [-0.1, -0.05) is 51.1 Å². The SMILES string of the molecule is CC(C)(C)C(=O)CNC(=O)CCc1ccccc1. The molecule has 1 aromatic rings. The first-order chi connectivity index (χ1) is 8.39. The van der Waals surface area contributed by atoms with Crippen molar-refractivity contribution in [3.8, 4) is 0 Å².